The third-order valence-corrected chi connectivity index (χ3v) is 4.25. The van der Waals surface area contributed by atoms with Crippen LogP contribution in [0.2, 0.25) is 0 Å². The predicted octanol–water partition coefficient (Wildman–Crippen LogP) is -0.758. The quantitative estimate of drug-likeness (QED) is 0.580. The molecule has 124 valence electrons. The van der Waals surface area contributed by atoms with Crippen molar-refractivity contribution in [1.29, 1.82) is 5.26 Å². The number of rotatable bonds is 2. The Balaban J connectivity index is 0.00000182. The Morgan fingerprint density at radius 2 is 1.80 bits per heavy atom. The van der Waals surface area contributed by atoms with Gasteiger partial charge in [-0.3, -0.25) is 0 Å². The molecule has 2 aromatic carbocycles. The van der Waals surface area contributed by atoms with Gasteiger partial charge in [-0.25, -0.2) is 4.57 Å². The third-order valence-electron chi connectivity index (χ3n) is 4.25. The Hall–Kier alpha value is -2.75. The number of nitriles is 1. The highest BCUT2D eigenvalue weighted by Gasteiger charge is 2.52. The number of hydrogen-bond acceptors (Lipinski definition) is 4. The van der Waals surface area contributed by atoms with Crippen molar-refractivity contribution in [3.63, 3.8) is 0 Å². The molecule has 0 saturated heterocycles. The van der Waals surface area contributed by atoms with Crippen molar-refractivity contribution < 1.29 is 26.7 Å². The van der Waals surface area contributed by atoms with Crippen molar-refractivity contribution in [1.82, 2.24) is 4.98 Å². The summed E-state index contributed by atoms with van der Waals surface area (Å²) in [5.74, 6) is 0.676. The van der Waals surface area contributed by atoms with Gasteiger partial charge in [0.1, 0.15) is 18.4 Å². The number of fused-ring (bicyclic) bond motifs is 1. The molecular formula is C19H15BrN4O. The Morgan fingerprint density at radius 1 is 1.08 bits per heavy atom. The lowest BCUT2D eigenvalue weighted by molar-refractivity contribution is -0.685. The standard InChI is InChI=1S/C19H15N4O.BrH/c20-13-15-7-9-16(10-8-15)19(24)14-22-12-4-11-21-18(22)23(19)17-5-2-1-3-6-17;/h1-12,24H,14H2;1H/q+1;/p-1. The molecule has 2 heterocycles. The monoisotopic (exact) mass is 394 g/mol. The molecule has 5 nitrogen and oxygen atoms in total. The van der Waals surface area contributed by atoms with Crippen LogP contribution in [0, 0.1) is 11.3 Å². The lowest BCUT2D eigenvalue weighted by Gasteiger charge is -2.28. The zero-order valence-electron chi connectivity index (χ0n) is 13.2. The number of hydrogen-bond donors (Lipinski definition) is 1. The summed E-state index contributed by atoms with van der Waals surface area (Å²) in [4.78, 5) is 6.28. The second-order valence-corrected chi connectivity index (χ2v) is 5.72. The van der Waals surface area contributed by atoms with Gasteiger partial charge in [-0.05, 0) is 24.3 Å². The highest BCUT2D eigenvalue weighted by Crippen LogP contribution is 2.39. The molecular weight excluding hydrogens is 380 g/mol. The fourth-order valence-corrected chi connectivity index (χ4v) is 3.11. The average Bonchev–Trinajstić information content (AvgIpc) is 2.95. The van der Waals surface area contributed by atoms with Gasteiger partial charge in [-0.2, -0.15) is 10.2 Å². The lowest BCUT2D eigenvalue weighted by atomic mass is 10.00. The van der Waals surface area contributed by atoms with Crippen molar-refractivity contribution in [2.75, 3.05) is 4.90 Å². The van der Waals surface area contributed by atoms with Crippen LogP contribution in [0.15, 0.2) is 73.1 Å². The molecule has 0 amide bonds. The van der Waals surface area contributed by atoms with E-state index in [-0.39, 0.29) is 17.0 Å². The summed E-state index contributed by atoms with van der Waals surface area (Å²) in [6.45, 7) is 0.358. The van der Waals surface area contributed by atoms with Crippen LogP contribution in [0.3, 0.4) is 0 Å². The van der Waals surface area contributed by atoms with Crippen LogP contribution in [0.25, 0.3) is 0 Å². The van der Waals surface area contributed by atoms with E-state index < -0.39 is 5.72 Å². The van der Waals surface area contributed by atoms with Gasteiger partial charge in [0.05, 0.1) is 17.8 Å². The number of nitrogens with zero attached hydrogens (tertiary/aromatic N) is 4. The van der Waals surface area contributed by atoms with Crippen LogP contribution >= 0.6 is 0 Å². The second-order valence-electron chi connectivity index (χ2n) is 5.72. The molecule has 1 aliphatic rings. The summed E-state index contributed by atoms with van der Waals surface area (Å²) in [7, 11) is 0. The first-order valence-corrected chi connectivity index (χ1v) is 7.65. The summed E-state index contributed by atoms with van der Waals surface area (Å²) in [6.07, 6.45) is 3.62. The maximum atomic E-state index is 11.5. The maximum Gasteiger partial charge on any atom is 0.401 e. The van der Waals surface area contributed by atoms with E-state index in [1.807, 2.05) is 52.1 Å². The number of anilines is 2. The first-order chi connectivity index (χ1) is 11.7. The molecule has 25 heavy (non-hydrogen) atoms. The van der Waals surface area contributed by atoms with E-state index >= 15 is 0 Å². The Labute approximate surface area is 156 Å². The Kier molecular flexibility index (Phi) is 4.53. The first-order valence-electron chi connectivity index (χ1n) is 7.65. The van der Waals surface area contributed by atoms with Crippen LogP contribution in [0.4, 0.5) is 11.6 Å². The molecule has 1 N–H and O–H groups in total. The normalized spacial score (nSPS) is 18.2. The summed E-state index contributed by atoms with van der Waals surface area (Å²) < 4.78 is 1.92. The number of para-hydroxylation sites is 1. The van der Waals surface area contributed by atoms with Crippen LogP contribution in [-0.2, 0) is 12.3 Å². The summed E-state index contributed by atoms with van der Waals surface area (Å²) in [5.41, 5.74) is 0.872. The number of aromatic nitrogens is 2. The number of benzene rings is 2. The molecule has 0 aliphatic carbocycles. The molecule has 0 bridgehead atoms. The van der Waals surface area contributed by atoms with Crippen molar-refractivity contribution in [3.8, 4) is 6.07 Å². The molecule has 0 spiro atoms. The van der Waals surface area contributed by atoms with Crippen LogP contribution < -0.4 is 26.4 Å². The minimum absolute atomic E-state index is 0. The molecule has 3 aromatic rings. The van der Waals surface area contributed by atoms with E-state index in [1.165, 1.54) is 0 Å². The van der Waals surface area contributed by atoms with E-state index in [9.17, 15) is 5.11 Å². The van der Waals surface area contributed by atoms with Crippen molar-refractivity contribution in [3.05, 3.63) is 84.2 Å². The topological polar surface area (TPSA) is 64.0 Å². The second kappa shape index (κ2) is 6.63. The van der Waals surface area contributed by atoms with Gasteiger partial charge < -0.3 is 22.1 Å². The van der Waals surface area contributed by atoms with Gasteiger partial charge >= 0.3 is 5.95 Å². The maximum absolute atomic E-state index is 11.5. The third kappa shape index (κ3) is 2.78. The van der Waals surface area contributed by atoms with Gasteiger partial charge in [-0.15, -0.1) is 0 Å². The molecule has 1 unspecified atom stereocenters. The van der Waals surface area contributed by atoms with Crippen LogP contribution in [0.1, 0.15) is 11.1 Å². The number of halogens is 1. The van der Waals surface area contributed by atoms with E-state index in [2.05, 4.69) is 11.1 Å². The van der Waals surface area contributed by atoms with Gasteiger partial charge in [0, 0.05) is 11.6 Å². The lowest BCUT2D eigenvalue weighted by Crippen LogP contribution is -3.00. The fraction of sp³-hybridized carbons (Fsp3) is 0.105. The highest BCUT2D eigenvalue weighted by atomic mass is 79.9. The SMILES string of the molecule is N#Cc1ccc(C2(O)C[n+]3cccnc3N2c2ccccc2)cc1.[Br-]. The number of aliphatic hydroxyl groups is 1. The minimum Gasteiger partial charge on any atom is -1.00 e. The molecule has 0 fully saturated rings. The van der Waals surface area contributed by atoms with Crippen LogP contribution in [-0.4, -0.2) is 10.1 Å². The molecule has 1 aromatic heterocycles. The average molecular weight is 395 g/mol. The van der Waals surface area contributed by atoms with Crippen molar-refractivity contribution in [2.45, 2.75) is 12.3 Å². The van der Waals surface area contributed by atoms with E-state index in [1.54, 1.807) is 30.5 Å². The molecule has 6 heteroatoms. The molecule has 4 rings (SSSR count). The van der Waals surface area contributed by atoms with Gasteiger partial charge in [0.15, 0.2) is 0 Å². The van der Waals surface area contributed by atoms with Gasteiger partial charge in [0.2, 0.25) is 5.72 Å². The van der Waals surface area contributed by atoms with Crippen molar-refractivity contribution in [2.24, 2.45) is 0 Å². The minimum atomic E-state index is -1.27. The van der Waals surface area contributed by atoms with E-state index in [0.717, 1.165) is 11.3 Å². The Morgan fingerprint density at radius 3 is 2.48 bits per heavy atom. The first kappa shape index (κ1) is 17.1. The summed E-state index contributed by atoms with van der Waals surface area (Å²) in [6, 6.07) is 20.7. The van der Waals surface area contributed by atoms with E-state index in [4.69, 9.17) is 5.26 Å². The summed E-state index contributed by atoms with van der Waals surface area (Å²) >= 11 is 0. The van der Waals surface area contributed by atoms with Gasteiger partial charge in [0.25, 0.3) is 0 Å². The fourth-order valence-electron chi connectivity index (χ4n) is 3.11. The van der Waals surface area contributed by atoms with Crippen LogP contribution in [0.5, 0.6) is 0 Å². The zero-order chi connectivity index (χ0) is 16.6. The Bertz CT molecular complexity index is 924. The summed E-state index contributed by atoms with van der Waals surface area (Å²) in [5, 5.41) is 20.5. The van der Waals surface area contributed by atoms with Gasteiger partial charge in [-0.1, -0.05) is 35.3 Å². The zero-order valence-corrected chi connectivity index (χ0v) is 14.8. The molecule has 0 radical (unpaired) electrons. The smallest absolute Gasteiger partial charge is 0.401 e. The predicted molar refractivity (Wildman–Crippen MR) is 88.1 cm³/mol. The molecule has 0 saturated carbocycles. The van der Waals surface area contributed by atoms with E-state index in [0.29, 0.717) is 18.1 Å². The van der Waals surface area contributed by atoms with Crippen molar-refractivity contribution >= 4 is 11.6 Å². The largest absolute Gasteiger partial charge is 1.00 e. The highest BCUT2D eigenvalue weighted by molar-refractivity contribution is 5.60. The molecule has 1 atom stereocenters. The molecule has 1 aliphatic heterocycles.